The van der Waals surface area contributed by atoms with Crippen molar-refractivity contribution in [3.05, 3.63) is 24.5 Å². The van der Waals surface area contributed by atoms with Gasteiger partial charge in [-0.15, -0.1) is 0 Å². The molecule has 0 aromatic carbocycles. The van der Waals surface area contributed by atoms with E-state index in [2.05, 4.69) is 36.8 Å². The van der Waals surface area contributed by atoms with Gasteiger partial charge in [0.05, 0.1) is 23.7 Å². The van der Waals surface area contributed by atoms with Gasteiger partial charge in [0.1, 0.15) is 0 Å². The number of nitrogens with zero attached hydrogens (tertiary/aromatic N) is 2. The Balaban J connectivity index is 1.75. The Morgan fingerprint density at radius 2 is 1.70 bits per heavy atom. The summed E-state index contributed by atoms with van der Waals surface area (Å²) in [6.07, 6.45) is 4.18. The van der Waals surface area contributed by atoms with Crippen LogP contribution in [0.4, 0.5) is 5.69 Å². The summed E-state index contributed by atoms with van der Waals surface area (Å²) in [5, 5.41) is 0. The van der Waals surface area contributed by atoms with Crippen LogP contribution in [-0.2, 0) is 9.59 Å². The van der Waals surface area contributed by atoms with Crippen LogP contribution in [-0.4, -0.2) is 26.5 Å². The van der Waals surface area contributed by atoms with E-state index in [1.54, 1.807) is 24.5 Å². The molecule has 0 radical (unpaired) electrons. The van der Waals surface area contributed by atoms with Gasteiger partial charge in [0.2, 0.25) is 11.8 Å². The highest BCUT2D eigenvalue weighted by Gasteiger charge is 2.66. The zero-order chi connectivity index (χ0) is 14.0. The number of fused-ring (bicyclic) bond motifs is 5. The maximum atomic E-state index is 12.7. The lowest BCUT2D eigenvalue weighted by Gasteiger charge is -2.28. The van der Waals surface area contributed by atoms with Crippen LogP contribution < -0.4 is 4.90 Å². The zero-order valence-electron chi connectivity index (χ0n) is 10.4. The summed E-state index contributed by atoms with van der Waals surface area (Å²) in [6, 6.07) is 3.52. The molecule has 3 fully saturated rings. The molecular weight excluding hydrogens is 388 g/mol. The summed E-state index contributed by atoms with van der Waals surface area (Å²) in [4.78, 5) is 31.3. The molecule has 1 aromatic rings. The second-order valence-corrected chi connectivity index (χ2v) is 7.84. The molecule has 20 heavy (non-hydrogen) atoms. The van der Waals surface area contributed by atoms with Crippen molar-refractivity contribution in [2.45, 2.75) is 16.1 Å². The van der Waals surface area contributed by atoms with Crippen molar-refractivity contribution in [3.63, 3.8) is 0 Å². The van der Waals surface area contributed by atoms with Crippen molar-refractivity contribution in [2.24, 2.45) is 23.7 Å². The van der Waals surface area contributed by atoms with Crippen molar-refractivity contribution in [2.75, 3.05) is 4.90 Å². The van der Waals surface area contributed by atoms with Gasteiger partial charge in [-0.25, -0.2) is 4.90 Å². The standard InChI is InChI=1S/C14H12Br2N2O2/c15-11-7-4-8(12(11)16)10-9(7)13(19)18(14(10)20)6-2-1-3-17-5-6/h1-3,5,7-12H,4H2/t7-,8+,9-,10+,11-,12-/m0/s1. The average molecular weight is 400 g/mol. The molecule has 6 heteroatoms. The molecule has 2 heterocycles. The Hall–Kier alpha value is -0.750. The minimum absolute atomic E-state index is 0.0515. The molecule has 6 atom stereocenters. The summed E-state index contributed by atoms with van der Waals surface area (Å²) in [5.41, 5.74) is 0.591. The number of pyridine rings is 1. The van der Waals surface area contributed by atoms with Crippen LogP contribution in [0.1, 0.15) is 6.42 Å². The number of carbonyl (C=O) groups excluding carboxylic acids is 2. The zero-order valence-corrected chi connectivity index (χ0v) is 13.6. The van der Waals surface area contributed by atoms with E-state index in [1.807, 2.05) is 0 Å². The van der Waals surface area contributed by atoms with Crippen molar-refractivity contribution in [1.82, 2.24) is 4.98 Å². The van der Waals surface area contributed by atoms with Gasteiger partial charge in [0.15, 0.2) is 0 Å². The number of imide groups is 1. The number of halogens is 2. The van der Waals surface area contributed by atoms with Crippen molar-refractivity contribution >= 4 is 49.4 Å². The van der Waals surface area contributed by atoms with Gasteiger partial charge in [-0.2, -0.15) is 0 Å². The van der Waals surface area contributed by atoms with Gasteiger partial charge < -0.3 is 0 Å². The van der Waals surface area contributed by atoms with Crippen LogP contribution in [0.2, 0.25) is 0 Å². The van der Waals surface area contributed by atoms with Gasteiger partial charge in [-0.05, 0) is 30.4 Å². The number of amides is 2. The van der Waals surface area contributed by atoms with Crippen LogP contribution in [0, 0.1) is 23.7 Å². The molecule has 2 aliphatic carbocycles. The minimum Gasteiger partial charge on any atom is -0.274 e. The molecule has 0 unspecified atom stereocenters. The fraction of sp³-hybridized carbons (Fsp3) is 0.500. The SMILES string of the molecule is O=C1[C@@H]2[C@H]3C[C@H]([C@H](Br)[C@H]3Br)[C@@H]2C(=O)N1c1cccnc1. The van der Waals surface area contributed by atoms with Gasteiger partial charge >= 0.3 is 0 Å². The van der Waals surface area contributed by atoms with E-state index in [1.165, 1.54) is 4.90 Å². The lowest BCUT2D eigenvalue weighted by Crippen LogP contribution is -2.37. The molecule has 104 valence electrons. The quantitative estimate of drug-likeness (QED) is 0.538. The molecule has 4 rings (SSSR count). The molecule has 2 bridgehead atoms. The fourth-order valence-electron chi connectivity index (χ4n) is 4.09. The first-order valence-corrected chi connectivity index (χ1v) is 8.50. The van der Waals surface area contributed by atoms with Gasteiger partial charge in [0, 0.05) is 15.9 Å². The molecule has 2 saturated carbocycles. The van der Waals surface area contributed by atoms with Crippen LogP contribution >= 0.6 is 31.9 Å². The van der Waals surface area contributed by atoms with Crippen molar-refractivity contribution < 1.29 is 9.59 Å². The predicted molar refractivity (Wildman–Crippen MR) is 80.7 cm³/mol. The summed E-state index contributed by atoms with van der Waals surface area (Å²) >= 11 is 7.36. The van der Waals surface area contributed by atoms with E-state index in [9.17, 15) is 9.59 Å². The highest BCUT2D eigenvalue weighted by molar-refractivity contribution is 9.12. The van der Waals surface area contributed by atoms with Crippen molar-refractivity contribution in [1.29, 1.82) is 0 Å². The number of carbonyl (C=O) groups is 2. The fourth-order valence-corrected chi connectivity index (χ4v) is 5.96. The van der Waals surface area contributed by atoms with Gasteiger partial charge in [0.25, 0.3) is 0 Å². The number of anilines is 1. The van der Waals surface area contributed by atoms with Crippen LogP contribution in [0.3, 0.4) is 0 Å². The van der Waals surface area contributed by atoms with Gasteiger partial charge in [-0.1, -0.05) is 31.9 Å². The third kappa shape index (κ3) is 1.49. The number of rotatable bonds is 1. The first-order valence-electron chi connectivity index (χ1n) is 6.67. The second-order valence-electron chi connectivity index (χ2n) is 5.73. The molecule has 2 amide bonds. The molecule has 3 aliphatic rings. The summed E-state index contributed by atoms with van der Waals surface area (Å²) in [6.45, 7) is 0. The summed E-state index contributed by atoms with van der Waals surface area (Å²) < 4.78 is 0. The largest absolute Gasteiger partial charge is 0.274 e. The minimum atomic E-state index is -0.161. The highest BCUT2D eigenvalue weighted by atomic mass is 79.9. The smallest absolute Gasteiger partial charge is 0.238 e. The first kappa shape index (κ1) is 13.0. The predicted octanol–water partition coefficient (Wildman–Crippen LogP) is 2.36. The van der Waals surface area contributed by atoms with Crippen LogP contribution in [0.25, 0.3) is 0 Å². The number of aromatic nitrogens is 1. The number of hydrogen-bond donors (Lipinski definition) is 0. The molecule has 0 spiro atoms. The van der Waals surface area contributed by atoms with E-state index in [4.69, 9.17) is 0 Å². The maximum absolute atomic E-state index is 12.7. The number of hydrogen-bond acceptors (Lipinski definition) is 3. The first-order chi connectivity index (χ1) is 9.61. The molecule has 1 saturated heterocycles. The molecular formula is C14H12Br2N2O2. The third-order valence-corrected chi connectivity index (χ3v) is 8.10. The molecule has 0 N–H and O–H groups in total. The monoisotopic (exact) mass is 398 g/mol. The number of alkyl halides is 2. The molecule has 1 aromatic heterocycles. The van der Waals surface area contributed by atoms with E-state index in [0.717, 1.165) is 6.42 Å². The Bertz CT molecular complexity index is 562. The normalized spacial score (nSPS) is 42.4. The maximum Gasteiger partial charge on any atom is 0.238 e. The topological polar surface area (TPSA) is 50.3 Å². The third-order valence-electron chi connectivity index (χ3n) is 4.89. The Morgan fingerprint density at radius 3 is 2.20 bits per heavy atom. The second kappa shape index (κ2) is 4.37. The average Bonchev–Trinajstić information content (AvgIpc) is 3.05. The lowest BCUT2D eigenvalue weighted by molar-refractivity contribution is -0.123. The van der Waals surface area contributed by atoms with E-state index < -0.39 is 0 Å². The Labute approximate surface area is 133 Å². The van der Waals surface area contributed by atoms with E-state index in [-0.39, 0.29) is 45.1 Å². The van der Waals surface area contributed by atoms with Crippen LogP contribution in [0.5, 0.6) is 0 Å². The van der Waals surface area contributed by atoms with Crippen LogP contribution in [0.15, 0.2) is 24.5 Å². The lowest BCUT2D eigenvalue weighted by atomic mass is 9.81. The van der Waals surface area contributed by atoms with E-state index >= 15 is 0 Å². The molecule has 1 aliphatic heterocycles. The Kier molecular flexibility index (Phi) is 2.83. The summed E-state index contributed by atoms with van der Waals surface area (Å²) in [5.74, 6) is 0.0884. The molecule has 4 nitrogen and oxygen atoms in total. The van der Waals surface area contributed by atoms with Crippen molar-refractivity contribution in [3.8, 4) is 0 Å². The summed E-state index contributed by atoms with van der Waals surface area (Å²) in [7, 11) is 0. The highest BCUT2D eigenvalue weighted by Crippen LogP contribution is 2.60. The van der Waals surface area contributed by atoms with Gasteiger partial charge in [-0.3, -0.25) is 14.6 Å². The Morgan fingerprint density at radius 1 is 1.10 bits per heavy atom. The van der Waals surface area contributed by atoms with E-state index in [0.29, 0.717) is 5.69 Å².